The molecule has 0 spiro atoms. The minimum atomic E-state index is -0.0486. The van der Waals surface area contributed by atoms with Crippen LogP contribution in [0.3, 0.4) is 0 Å². The predicted molar refractivity (Wildman–Crippen MR) is 113 cm³/mol. The van der Waals surface area contributed by atoms with Crippen LogP contribution < -0.4 is 9.64 Å². The van der Waals surface area contributed by atoms with E-state index in [0.717, 1.165) is 41.0 Å². The average Bonchev–Trinajstić information content (AvgIpc) is 3.36. The van der Waals surface area contributed by atoms with E-state index in [-0.39, 0.29) is 12.0 Å². The zero-order valence-corrected chi connectivity index (χ0v) is 17.0. The molecule has 1 aliphatic heterocycles. The fourth-order valence-electron chi connectivity index (χ4n) is 3.39. The first kappa shape index (κ1) is 18.9. The molecule has 0 radical (unpaired) electrons. The second-order valence-electron chi connectivity index (χ2n) is 6.95. The number of amides is 1. The molecule has 5 nitrogen and oxygen atoms in total. The largest absolute Gasteiger partial charge is 0.492 e. The quantitative estimate of drug-likeness (QED) is 0.599. The van der Waals surface area contributed by atoms with Crippen LogP contribution in [-0.2, 0) is 4.74 Å². The summed E-state index contributed by atoms with van der Waals surface area (Å²) in [5.74, 6) is 0.704. The first-order chi connectivity index (χ1) is 13.7. The molecule has 2 heterocycles. The molecule has 2 aromatic carbocycles. The van der Waals surface area contributed by atoms with Gasteiger partial charge in [0, 0.05) is 12.2 Å². The Morgan fingerprint density at radius 2 is 2.11 bits per heavy atom. The second-order valence-corrected chi connectivity index (χ2v) is 7.96. The number of aryl methyl sites for hydroxylation is 1. The van der Waals surface area contributed by atoms with Gasteiger partial charge >= 0.3 is 0 Å². The van der Waals surface area contributed by atoms with Gasteiger partial charge in [0.1, 0.15) is 11.3 Å². The van der Waals surface area contributed by atoms with Gasteiger partial charge in [0.2, 0.25) is 0 Å². The number of benzene rings is 2. The number of aromatic nitrogens is 1. The van der Waals surface area contributed by atoms with Crippen LogP contribution >= 0.6 is 11.3 Å². The summed E-state index contributed by atoms with van der Waals surface area (Å²) in [6, 6.07) is 13.6. The predicted octanol–water partition coefficient (Wildman–Crippen LogP) is 4.83. The number of rotatable bonds is 6. The number of ether oxygens (including phenoxy) is 2. The number of carbonyl (C=O) groups is 1. The summed E-state index contributed by atoms with van der Waals surface area (Å²) in [6.45, 7) is 5.81. The third-order valence-corrected chi connectivity index (χ3v) is 5.90. The van der Waals surface area contributed by atoms with Crippen molar-refractivity contribution in [2.45, 2.75) is 32.8 Å². The normalized spacial score (nSPS) is 16.4. The molecule has 28 heavy (non-hydrogen) atoms. The molecule has 0 saturated carbocycles. The molecule has 0 bridgehead atoms. The summed E-state index contributed by atoms with van der Waals surface area (Å²) < 4.78 is 12.5. The van der Waals surface area contributed by atoms with Crippen LogP contribution in [0.4, 0.5) is 5.13 Å². The lowest BCUT2D eigenvalue weighted by atomic mass is 10.1. The Hall–Kier alpha value is -2.44. The van der Waals surface area contributed by atoms with Crippen molar-refractivity contribution in [2.75, 3.05) is 24.7 Å². The van der Waals surface area contributed by atoms with Crippen molar-refractivity contribution in [1.82, 2.24) is 4.98 Å². The molecule has 1 atom stereocenters. The minimum Gasteiger partial charge on any atom is -0.492 e. The van der Waals surface area contributed by atoms with E-state index >= 15 is 0 Å². The fourth-order valence-corrected chi connectivity index (χ4v) is 4.38. The number of anilines is 1. The molecule has 4 rings (SSSR count). The van der Waals surface area contributed by atoms with Gasteiger partial charge in [-0.3, -0.25) is 9.69 Å². The van der Waals surface area contributed by atoms with E-state index in [2.05, 4.69) is 0 Å². The van der Waals surface area contributed by atoms with E-state index in [1.54, 1.807) is 4.90 Å². The summed E-state index contributed by atoms with van der Waals surface area (Å²) >= 11 is 1.51. The number of fused-ring (bicyclic) bond motifs is 1. The van der Waals surface area contributed by atoms with Gasteiger partial charge in [-0.1, -0.05) is 35.1 Å². The van der Waals surface area contributed by atoms with Crippen LogP contribution in [0.25, 0.3) is 10.2 Å². The van der Waals surface area contributed by atoms with Crippen molar-refractivity contribution in [3.63, 3.8) is 0 Å². The van der Waals surface area contributed by atoms with E-state index in [4.69, 9.17) is 14.5 Å². The third-order valence-electron chi connectivity index (χ3n) is 4.86. The van der Waals surface area contributed by atoms with E-state index < -0.39 is 0 Å². The molecule has 0 aliphatic carbocycles. The molecule has 1 fully saturated rings. The number of carbonyl (C=O) groups excluding carboxylic acids is 1. The van der Waals surface area contributed by atoms with E-state index in [0.29, 0.717) is 23.8 Å². The standard InChI is InChI=1S/C22H24N2O3S/c1-3-26-18-7-4-8-19-20(18)23-22(28-19)24(14-17-6-5-13-27-17)21(25)16-11-9-15(2)10-12-16/h4,7-12,17H,3,5-6,13-14H2,1-2H3. The second kappa shape index (κ2) is 8.29. The van der Waals surface area contributed by atoms with Gasteiger partial charge < -0.3 is 9.47 Å². The van der Waals surface area contributed by atoms with Gasteiger partial charge in [0.05, 0.1) is 24.0 Å². The average molecular weight is 397 g/mol. The molecule has 0 N–H and O–H groups in total. The lowest BCUT2D eigenvalue weighted by molar-refractivity contribution is 0.0917. The molecular formula is C22H24N2O3S. The number of hydrogen-bond acceptors (Lipinski definition) is 5. The Balaban J connectivity index is 1.72. The van der Waals surface area contributed by atoms with Gasteiger partial charge in [-0.05, 0) is 51.0 Å². The van der Waals surface area contributed by atoms with Crippen LogP contribution in [-0.4, -0.2) is 36.8 Å². The van der Waals surface area contributed by atoms with Gasteiger partial charge in [0.15, 0.2) is 5.13 Å². The van der Waals surface area contributed by atoms with Crippen LogP contribution in [0.5, 0.6) is 5.75 Å². The van der Waals surface area contributed by atoms with Crippen LogP contribution in [0.15, 0.2) is 42.5 Å². The highest BCUT2D eigenvalue weighted by Gasteiger charge is 2.27. The molecule has 1 saturated heterocycles. The first-order valence-electron chi connectivity index (χ1n) is 9.68. The fraction of sp³-hybridized carbons (Fsp3) is 0.364. The summed E-state index contributed by atoms with van der Waals surface area (Å²) in [6.07, 6.45) is 2.05. The Kier molecular flexibility index (Phi) is 5.59. The van der Waals surface area contributed by atoms with Gasteiger partial charge in [-0.15, -0.1) is 0 Å². The number of hydrogen-bond donors (Lipinski definition) is 0. The van der Waals surface area contributed by atoms with E-state index in [1.165, 1.54) is 11.3 Å². The number of nitrogens with zero attached hydrogens (tertiary/aromatic N) is 2. The van der Waals surface area contributed by atoms with Gasteiger partial charge in [-0.2, -0.15) is 0 Å². The molecule has 1 amide bonds. The highest BCUT2D eigenvalue weighted by Crippen LogP contribution is 2.35. The van der Waals surface area contributed by atoms with Gasteiger partial charge in [0.25, 0.3) is 5.91 Å². The zero-order valence-electron chi connectivity index (χ0n) is 16.2. The molecule has 1 aromatic heterocycles. The minimum absolute atomic E-state index is 0.0486. The summed E-state index contributed by atoms with van der Waals surface area (Å²) in [4.78, 5) is 19.9. The van der Waals surface area contributed by atoms with Crippen molar-refractivity contribution >= 4 is 32.6 Å². The van der Waals surface area contributed by atoms with Crippen molar-refractivity contribution in [3.05, 3.63) is 53.6 Å². The maximum atomic E-state index is 13.3. The maximum absolute atomic E-state index is 13.3. The lowest BCUT2D eigenvalue weighted by Gasteiger charge is -2.23. The summed E-state index contributed by atoms with van der Waals surface area (Å²) in [5.41, 5.74) is 2.59. The zero-order chi connectivity index (χ0) is 19.5. The molecule has 146 valence electrons. The van der Waals surface area contributed by atoms with Crippen molar-refractivity contribution < 1.29 is 14.3 Å². The van der Waals surface area contributed by atoms with E-state index in [9.17, 15) is 4.79 Å². The van der Waals surface area contributed by atoms with Gasteiger partial charge in [-0.25, -0.2) is 4.98 Å². The van der Waals surface area contributed by atoms with Crippen LogP contribution in [0, 0.1) is 6.92 Å². The summed E-state index contributed by atoms with van der Waals surface area (Å²) in [7, 11) is 0. The molecular weight excluding hydrogens is 372 g/mol. The highest BCUT2D eigenvalue weighted by molar-refractivity contribution is 7.22. The molecule has 3 aromatic rings. The lowest BCUT2D eigenvalue weighted by Crippen LogP contribution is -2.37. The highest BCUT2D eigenvalue weighted by atomic mass is 32.1. The molecule has 1 aliphatic rings. The Morgan fingerprint density at radius 3 is 2.82 bits per heavy atom. The monoisotopic (exact) mass is 396 g/mol. The van der Waals surface area contributed by atoms with Crippen molar-refractivity contribution in [2.24, 2.45) is 0 Å². The van der Waals surface area contributed by atoms with Crippen molar-refractivity contribution in [3.8, 4) is 5.75 Å². The topological polar surface area (TPSA) is 51.7 Å². The van der Waals surface area contributed by atoms with E-state index in [1.807, 2.05) is 56.3 Å². The van der Waals surface area contributed by atoms with Crippen molar-refractivity contribution in [1.29, 1.82) is 0 Å². The Bertz CT molecular complexity index is 962. The SMILES string of the molecule is CCOc1cccc2sc(N(CC3CCCO3)C(=O)c3ccc(C)cc3)nc12. The number of thiazole rings is 1. The molecule has 1 unspecified atom stereocenters. The Labute approximate surface area is 168 Å². The molecule has 6 heteroatoms. The van der Waals surface area contributed by atoms with Crippen LogP contribution in [0.2, 0.25) is 0 Å². The van der Waals surface area contributed by atoms with Crippen LogP contribution in [0.1, 0.15) is 35.7 Å². The first-order valence-corrected chi connectivity index (χ1v) is 10.5. The maximum Gasteiger partial charge on any atom is 0.260 e. The third kappa shape index (κ3) is 3.88. The smallest absolute Gasteiger partial charge is 0.260 e. The Morgan fingerprint density at radius 1 is 1.29 bits per heavy atom. The number of para-hydroxylation sites is 1. The summed E-state index contributed by atoms with van der Waals surface area (Å²) in [5, 5.41) is 0.684.